The summed E-state index contributed by atoms with van der Waals surface area (Å²) in [6, 6.07) is 7.81. The minimum Gasteiger partial charge on any atom is -0.494 e. The molecule has 3 N–H and O–H groups in total. The summed E-state index contributed by atoms with van der Waals surface area (Å²) in [7, 11) is 0. The highest BCUT2D eigenvalue weighted by Crippen LogP contribution is 2.44. The molecule has 2 rings (SSSR count). The van der Waals surface area contributed by atoms with Crippen LogP contribution in [0.2, 0.25) is 0 Å². The molecule has 0 bridgehead atoms. The predicted octanol–water partition coefficient (Wildman–Crippen LogP) is 3.42. The van der Waals surface area contributed by atoms with Crippen molar-refractivity contribution < 1.29 is 9.84 Å². The maximum atomic E-state index is 10.8. The minimum absolute atomic E-state index is 0.149. The average molecular weight is 277 g/mol. The summed E-state index contributed by atoms with van der Waals surface area (Å²) in [4.78, 5) is 0. The number of benzene rings is 1. The summed E-state index contributed by atoms with van der Waals surface area (Å²) < 4.78 is 5.45. The van der Waals surface area contributed by atoms with Crippen molar-refractivity contribution in [2.24, 2.45) is 11.1 Å². The van der Waals surface area contributed by atoms with Gasteiger partial charge in [-0.3, -0.25) is 0 Å². The largest absolute Gasteiger partial charge is 0.494 e. The van der Waals surface area contributed by atoms with E-state index < -0.39 is 6.10 Å². The zero-order chi connectivity index (χ0) is 14.4. The van der Waals surface area contributed by atoms with Crippen LogP contribution in [-0.4, -0.2) is 18.3 Å². The van der Waals surface area contributed by atoms with E-state index in [4.69, 9.17) is 10.5 Å². The lowest BCUT2D eigenvalue weighted by atomic mass is 9.73. The van der Waals surface area contributed by atoms with Crippen LogP contribution in [0.3, 0.4) is 0 Å². The molecule has 0 heterocycles. The molecule has 0 spiro atoms. The molecule has 20 heavy (non-hydrogen) atoms. The van der Waals surface area contributed by atoms with Crippen LogP contribution in [0.4, 0.5) is 0 Å². The van der Waals surface area contributed by atoms with Gasteiger partial charge in [0, 0.05) is 12.0 Å². The molecule has 1 unspecified atom stereocenters. The van der Waals surface area contributed by atoms with E-state index in [-0.39, 0.29) is 5.41 Å². The van der Waals surface area contributed by atoms with Gasteiger partial charge in [-0.05, 0) is 37.5 Å². The smallest absolute Gasteiger partial charge is 0.119 e. The van der Waals surface area contributed by atoms with Crippen molar-refractivity contribution in [3.8, 4) is 5.75 Å². The quantitative estimate of drug-likeness (QED) is 0.811. The van der Waals surface area contributed by atoms with E-state index >= 15 is 0 Å². The predicted molar refractivity (Wildman–Crippen MR) is 81.8 cm³/mol. The van der Waals surface area contributed by atoms with Crippen LogP contribution in [0.15, 0.2) is 24.3 Å². The summed E-state index contributed by atoms with van der Waals surface area (Å²) in [5.74, 6) is 0.853. The van der Waals surface area contributed by atoms with Crippen molar-refractivity contribution in [1.82, 2.24) is 0 Å². The Hall–Kier alpha value is -1.06. The van der Waals surface area contributed by atoms with E-state index in [1.165, 1.54) is 25.7 Å². The van der Waals surface area contributed by atoms with Gasteiger partial charge in [0.05, 0.1) is 12.7 Å². The van der Waals surface area contributed by atoms with E-state index in [9.17, 15) is 5.11 Å². The van der Waals surface area contributed by atoms with Crippen molar-refractivity contribution in [2.75, 3.05) is 13.2 Å². The Morgan fingerprint density at radius 1 is 1.15 bits per heavy atom. The first-order valence-electron chi connectivity index (χ1n) is 7.83. The first kappa shape index (κ1) is 15.3. The van der Waals surface area contributed by atoms with Gasteiger partial charge in [0.1, 0.15) is 5.75 Å². The third kappa shape index (κ3) is 3.33. The van der Waals surface area contributed by atoms with Gasteiger partial charge in [-0.1, -0.05) is 37.8 Å². The zero-order valence-corrected chi connectivity index (χ0v) is 12.5. The summed E-state index contributed by atoms with van der Waals surface area (Å²) in [6.45, 7) is 3.19. The number of rotatable bonds is 5. The third-order valence-corrected chi connectivity index (χ3v) is 4.59. The topological polar surface area (TPSA) is 55.5 Å². The number of aliphatic hydroxyl groups is 1. The fourth-order valence-electron chi connectivity index (χ4n) is 3.29. The van der Waals surface area contributed by atoms with Gasteiger partial charge in [0.25, 0.3) is 0 Å². The molecule has 3 nitrogen and oxygen atoms in total. The van der Waals surface area contributed by atoms with Gasteiger partial charge in [-0.2, -0.15) is 0 Å². The number of aliphatic hydroxyl groups excluding tert-OH is 1. The van der Waals surface area contributed by atoms with Gasteiger partial charge in [0.15, 0.2) is 0 Å². The second kappa shape index (κ2) is 7.09. The molecule has 1 saturated carbocycles. The Morgan fingerprint density at radius 2 is 1.75 bits per heavy atom. The number of ether oxygens (including phenoxy) is 1. The Kier molecular flexibility index (Phi) is 5.44. The molecule has 0 radical (unpaired) electrons. The van der Waals surface area contributed by atoms with E-state index in [1.807, 2.05) is 31.2 Å². The van der Waals surface area contributed by atoms with E-state index in [0.29, 0.717) is 13.2 Å². The SMILES string of the molecule is CCOc1ccc(C(O)C2(CN)CCCCCC2)cc1. The normalized spacial score (nSPS) is 20.1. The van der Waals surface area contributed by atoms with Gasteiger partial charge in [-0.25, -0.2) is 0 Å². The van der Waals surface area contributed by atoms with Crippen LogP contribution < -0.4 is 10.5 Å². The van der Waals surface area contributed by atoms with E-state index in [2.05, 4.69) is 0 Å². The second-order valence-electron chi connectivity index (χ2n) is 5.89. The molecule has 1 aliphatic rings. The molecule has 0 aromatic heterocycles. The van der Waals surface area contributed by atoms with E-state index in [0.717, 1.165) is 24.2 Å². The number of nitrogens with two attached hydrogens (primary N) is 1. The number of hydrogen-bond donors (Lipinski definition) is 2. The molecule has 3 heteroatoms. The Labute approximate surface area is 122 Å². The Balaban J connectivity index is 2.16. The lowest BCUT2D eigenvalue weighted by Crippen LogP contribution is -2.36. The van der Waals surface area contributed by atoms with Crippen LogP contribution in [0, 0.1) is 5.41 Å². The molecule has 0 saturated heterocycles. The first-order chi connectivity index (χ1) is 9.72. The van der Waals surface area contributed by atoms with Crippen LogP contribution in [0.5, 0.6) is 5.75 Å². The monoisotopic (exact) mass is 277 g/mol. The Bertz CT molecular complexity index is 394. The molecular formula is C17H27NO2. The molecular weight excluding hydrogens is 250 g/mol. The summed E-state index contributed by atoms with van der Waals surface area (Å²) in [5, 5.41) is 10.8. The molecule has 1 aliphatic carbocycles. The molecule has 112 valence electrons. The van der Waals surface area contributed by atoms with Crippen LogP contribution in [-0.2, 0) is 0 Å². The highest BCUT2D eigenvalue weighted by Gasteiger charge is 2.37. The third-order valence-electron chi connectivity index (χ3n) is 4.59. The van der Waals surface area contributed by atoms with Gasteiger partial charge >= 0.3 is 0 Å². The average Bonchev–Trinajstić information content (AvgIpc) is 2.74. The summed E-state index contributed by atoms with van der Waals surface area (Å²) in [6.07, 6.45) is 6.45. The van der Waals surface area contributed by atoms with Crippen molar-refractivity contribution in [3.05, 3.63) is 29.8 Å². The molecule has 1 aromatic rings. The highest BCUT2D eigenvalue weighted by atomic mass is 16.5. The maximum Gasteiger partial charge on any atom is 0.119 e. The van der Waals surface area contributed by atoms with Crippen molar-refractivity contribution in [1.29, 1.82) is 0 Å². The van der Waals surface area contributed by atoms with E-state index in [1.54, 1.807) is 0 Å². The van der Waals surface area contributed by atoms with Crippen LogP contribution >= 0.6 is 0 Å². The summed E-state index contributed by atoms with van der Waals surface area (Å²) in [5.41, 5.74) is 6.85. The molecule has 1 aromatic carbocycles. The summed E-state index contributed by atoms with van der Waals surface area (Å²) >= 11 is 0. The lowest BCUT2D eigenvalue weighted by Gasteiger charge is -2.36. The van der Waals surface area contributed by atoms with Crippen molar-refractivity contribution in [3.63, 3.8) is 0 Å². The minimum atomic E-state index is -0.471. The fourth-order valence-corrected chi connectivity index (χ4v) is 3.29. The first-order valence-corrected chi connectivity index (χ1v) is 7.83. The lowest BCUT2D eigenvalue weighted by molar-refractivity contribution is 0.0166. The zero-order valence-electron chi connectivity index (χ0n) is 12.5. The molecule has 0 aliphatic heterocycles. The van der Waals surface area contributed by atoms with Crippen LogP contribution in [0.1, 0.15) is 57.1 Å². The van der Waals surface area contributed by atoms with Gasteiger partial charge < -0.3 is 15.6 Å². The number of hydrogen-bond acceptors (Lipinski definition) is 3. The molecule has 1 fully saturated rings. The van der Waals surface area contributed by atoms with Crippen molar-refractivity contribution >= 4 is 0 Å². The second-order valence-corrected chi connectivity index (χ2v) is 5.89. The maximum absolute atomic E-state index is 10.8. The van der Waals surface area contributed by atoms with Crippen molar-refractivity contribution in [2.45, 2.75) is 51.6 Å². The standard InChI is InChI=1S/C17H27NO2/c1-2-20-15-9-7-14(8-10-15)16(19)17(13-18)11-5-3-4-6-12-17/h7-10,16,19H,2-6,11-13,18H2,1H3. The fraction of sp³-hybridized carbons (Fsp3) is 0.647. The van der Waals surface area contributed by atoms with Gasteiger partial charge in [0.2, 0.25) is 0 Å². The van der Waals surface area contributed by atoms with Crippen LogP contribution in [0.25, 0.3) is 0 Å². The highest BCUT2D eigenvalue weighted by molar-refractivity contribution is 5.29. The molecule has 1 atom stereocenters. The van der Waals surface area contributed by atoms with Gasteiger partial charge in [-0.15, -0.1) is 0 Å². The molecule has 0 amide bonds. The Morgan fingerprint density at radius 3 is 2.25 bits per heavy atom.